The van der Waals surface area contributed by atoms with Crippen LogP contribution in [-0.2, 0) is 19.1 Å². The van der Waals surface area contributed by atoms with Crippen LogP contribution in [0.15, 0.2) is 60.7 Å². The maximum Gasteiger partial charge on any atom is 0.265 e. The predicted octanol–water partition coefficient (Wildman–Crippen LogP) is 4.19. The zero-order chi connectivity index (χ0) is 29.8. The number of rotatable bonds is 8. The molecule has 42 heavy (non-hydrogen) atoms. The Balaban J connectivity index is 1.41. The van der Waals surface area contributed by atoms with E-state index in [4.69, 9.17) is 9.47 Å². The number of carbonyl (C=O) groups excluding carboxylic acids is 3. The van der Waals surface area contributed by atoms with Crippen LogP contribution in [0.4, 0.5) is 11.4 Å². The molecule has 3 aromatic carbocycles. The van der Waals surface area contributed by atoms with E-state index < -0.39 is 0 Å². The van der Waals surface area contributed by atoms with Gasteiger partial charge in [0.15, 0.2) is 6.61 Å². The lowest BCUT2D eigenvalue weighted by atomic mass is 9.98. The van der Waals surface area contributed by atoms with Gasteiger partial charge in [0.25, 0.3) is 5.91 Å². The second kappa shape index (κ2) is 12.8. The van der Waals surface area contributed by atoms with Crippen molar-refractivity contribution in [2.75, 3.05) is 63.3 Å². The van der Waals surface area contributed by atoms with Crippen molar-refractivity contribution in [1.29, 1.82) is 0 Å². The van der Waals surface area contributed by atoms with E-state index in [9.17, 15) is 14.4 Å². The maximum atomic E-state index is 13.8. The number of morpholine rings is 1. The first kappa shape index (κ1) is 29.3. The Morgan fingerprint density at radius 2 is 1.69 bits per heavy atom. The molecule has 9 nitrogen and oxygen atoms in total. The van der Waals surface area contributed by atoms with Crippen molar-refractivity contribution < 1.29 is 23.9 Å². The third-order valence-electron chi connectivity index (χ3n) is 8.05. The molecular formula is C33H38N4O5. The molecule has 5 rings (SSSR count). The van der Waals surface area contributed by atoms with Crippen LogP contribution in [0.5, 0.6) is 5.75 Å². The van der Waals surface area contributed by atoms with Crippen molar-refractivity contribution >= 4 is 29.1 Å². The summed E-state index contributed by atoms with van der Waals surface area (Å²) in [5.41, 5.74) is 6.34. The predicted molar refractivity (Wildman–Crippen MR) is 163 cm³/mol. The van der Waals surface area contributed by atoms with Crippen LogP contribution in [-0.4, -0.2) is 80.6 Å². The summed E-state index contributed by atoms with van der Waals surface area (Å²) in [4.78, 5) is 44.1. The number of anilines is 2. The van der Waals surface area contributed by atoms with Gasteiger partial charge in [0, 0.05) is 44.9 Å². The number of benzene rings is 3. The summed E-state index contributed by atoms with van der Waals surface area (Å²) in [6.07, 6.45) is 0. The number of nitrogens with zero attached hydrogens (tertiary/aromatic N) is 3. The molecule has 0 radical (unpaired) electrons. The molecule has 2 heterocycles. The zero-order valence-electron chi connectivity index (χ0n) is 24.7. The summed E-state index contributed by atoms with van der Waals surface area (Å²) in [7, 11) is 1.81. The number of carbonyl (C=O) groups is 3. The zero-order valence-corrected chi connectivity index (χ0v) is 24.7. The maximum absolute atomic E-state index is 13.8. The number of para-hydroxylation sites is 1. The molecule has 2 aliphatic rings. The lowest BCUT2D eigenvalue weighted by molar-refractivity contribution is -0.133. The minimum Gasteiger partial charge on any atom is -0.482 e. The van der Waals surface area contributed by atoms with Gasteiger partial charge >= 0.3 is 0 Å². The smallest absolute Gasteiger partial charge is 0.265 e. The van der Waals surface area contributed by atoms with E-state index in [1.54, 1.807) is 11.9 Å². The summed E-state index contributed by atoms with van der Waals surface area (Å²) in [5.74, 6) is 0.0943. The number of aryl methyl sites for hydroxylation is 2. The highest BCUT2D eigenvalue weighted by Crippen LogP contribution is 2.35. The van der Waals surface area contributed by atoms with Gasteiger partial charge in [-0.25, -0.2) is 0 Å². The van der Waals surface area contributed by atoms with Crippen molar-refractivity contribution in [3.05, 3.63) is 77.4 Å². The fourth-order valence-electron chi connectivity index (χ4n) is 5.44. The summed E-state index contributed by atoms with van der Waals surface area (Å²) >= 11 is 0. The minimum atomic E-state index is -0.245. The number of amides is 3. The molecule has 3 amide bonds. The lowest BCUT2D eigenvalue weighted by Crippen LogP contribution is -2.48. The van der Waals surface area contributed by atoms with Crippen LogP contribution in [0.25, 0.3) is 11.1 Å². The average Bonchev–Trinajstić information content (AvgIpc) is 2.98. The molecule has 0 spiro atoms. The van der Waals surface area contributed by atoms with Crippen LogP contribution >= 0.6 is 0 Å². The van der Waals surface area contributed by atoms with E-state index in [1.165, 1.54) is 11.8 Å². The molecule has 0 aromatic heterocycles. The van der Waals surface area contributed by atoms with E-state index in [0.717, 1.165) is 46.6 Å². The molecule has 1 atom stereocenters. The van der Waals surface area contributed by atoms with E-state index in [2.05, 4.69) is 10.2 Å². The molecule has 1 unspecified atom stereocenters. The van der Waals surface area contributed by atoms with Gasteiger partial charge in [-0.1, -0.05) is 42.5 Å². The van der Waals surface area contributed by atoms with Gasteiger partial charge in [-0.3, -0.25) is 24.2 Å². The number of hydrogen-bond acceptors (Lipinski definition) is 6. The Kier molecular flexibility index (Phi) is 8.89. The average molecular weight is 571 g/mol. The van der Waals surface area contributed by atoms with E-state index >= 15 is 0 Å². The third kappa shape index (κ3) is 6.48. The van der Waals surface area contributed by atoms with Crippen LogP contribution in [0.1, 0.15) is 29.7 Å². The number of fused-ring (bicyclic) bond motifs is 1. The fourth-order valence-corrected chi connectivity index (χ4v) is 5.44. The first-order valence-corrected chi connectivity index (χ1v) is 14.3. The molecular weight excluding hydrogens is 532 g/mol. The van der Waals surface area contributed by atoms with Crippen molar-refractivity contribution in [2.24, 2.45) is 0 Å². The lowest BCUT2D eigenvalue weighted by Gasteiger charge is -2.37. The van der Waals surface area contributed by atoms with Gasteiger partial charge in [0.1, 0.15) is 12.3 Å². The number of nitrogens with one attached hydrogen (secondary N) is 1. The Morgan fingerprint density at radius 1 is 1.00 bits per heavy atom. The van der Waals surface area contributed by atoms with E-state index in [1.807, 2.05) is 74.5 Å². The summed E-state index contributed by atoms with van der Waals surface area (Å²) in [5, 5.41) is 2.90. The molecule has 0 bridgehead atoms. The molecule has 1 saturated heterocycles. The summed E-state index contributed by atoms with van der Waals surface area (Å²) in [6.45, 7) is 8.83. The molecule has 220 valence electrons. The Labute approximate surface area is 247 Å². The summed E-state index contributed by atoms with van der Waals surface area (Å²) < 4.78 is 11.2. The number of likely N-dealkylation sites (N-methyl/N-ethyl adjacent to an activating group) is 1. The van der Waals surface area contributed by atoms with Crippen LogP contribution in [0, 0.1) is 13.8 Å². The van der Waals surface area contributed by atoms with Crippen molar-refractivity contribution in [2.45, 2.75) is 26.8 Å². The third-order valence-corrected chi connectivity index (χ3v) is 8.05. The largest absolute Gasteiger partial charge is 0.482 e. The van der Waals surface area contributed by atoms with Gasteiger partial charge in [-0.15, -0.1) is 0 Å². The van der Waals surface area contributed by atoms with Crippen molar-refractivity contribution in [1.82, 2.24) is 9.80 Å². The molecule has 1 fully saturated rings. The normalized spacial score (nSPS) is 15.9. The number of hydrogen-bond donors (Lipinski definition) is 1. The first-order chi connectivity index (χ1) is 20.2. The van der Waals surface area contributed by atoms with Gasteiger partial charge in [0.05, 0.1) is 24.9 Å². The molecule has 3 aromatic rings. The molecule has 0 saturated carbocycles. The first-order valence-electron chi connectivity index (χ1n) is 14.3. The van der Waals surface area contributed by atoms with E-state index in [0.29, 0.717) is 31.2 Å². The Morgan fingerprint density at radius 3 is 2.40 bits per heavy atom. The topological polar surface area (TPSA) is 91.4 Å². The van der Waals surface area contributed by atoms with Crippen molar-refractivity contribution in [3.63, 3.8) is 0 Å². The quantitative estimate of drug-likeness (QED) is 0.437. The molecule has 2 aliphatic heterocycles. The van der Waals surface area contributed by atoms with Gasteiger partial charge in [-0.05, 0) is 54.3 Å². The van der Waals surface area contributed by atoms with Gasteiger partial charge < -0.3 is 19.7 Å². The highest BCUT2D eigenvalue weighted by Gasteiger charge is 2.32. The molecule has 9 heteroatoms. The van der Waals surface area contributed by atoms with Gasteiger partial charge in [0.2, 0.25) is 11.8 Å². The van der Waals surface area contributed by atoms with E-state index in [-0.39, 0.29) is 36.9 Å². The van der Waals surface area contributed by atoms with Gasteiger partial charge in [-0.2, -0.15) is 0 Å². The van der Waals surface area contributed by atoms with Crippen LogP contribution in [0.2, 0.25) is 0 Å². The highest BCUT2D eigenvalue weighted by atomic mass is 16.5. The summed E-state index contributed by atoms with van der Waals surface area (Å²) in [6, 6.07) is 19.4. The SMILES string of the molecule is CC(=O)Nc1ccccc1-c1ccc(C(CN2CCOCC2)N(C)C(=O)CN2C(=O)COc3cc(C)c(C)cc32)cc1. The Bertz CT molecular complexity index is 1470. The fraction of sp³-hybridized carbons (Fsp3) is 0.364. The minimum absolute atomic E-state index is 0.0734. The molecule has 0 aliphatic carbocycles. The number of ether oxygens (including phenoxy) is 2. The van der Waals surface area contributed by atoms with Crippen molar-refractivity contribution in [3.8, 4) is 16.9 Å². The monoisotopic (exact) mass is 570 g/mol. The van der Waals surface area contributed by atoms with Crippen LogP contribution < -0.4 is 15.0 Å². The standard InChI is InChI=1S/C33H38N4O5/c1-22-17-29-31(18-23(22)2)42-21-33(40)37(29)20-32(39)35(4)30(19-36-13-15-41-16-14-36)26-11-9-25(10-12-26)27-7-5-6-8-28(27)34-24(3)38/h5-12,17-18,30H,13-16,19-21H2,1-4H3,(H,34,38). The second-order valence-corrected chi connectivity index (χ2v) is 11.0. The van der Waals surface area contributed by atoms with Crippen LogP contribution in [0.3, 0.4) is 0 Å². The molecule has 1 N–H and O–H groups in total. The second-order valence-electron chi connectivity index (χ2n) is 11.0. The Hall–Kier alpha value is -4.21. The highest BCUT2D eigenvalue weighted by molar-refractivity contribution is 6.02.